The number of hydrogen-bond donors (Lipinski definition) is 1. The molecule has 1 aliphatic carbocycles. The smallest absolute Gasteiger partial charge is 0.197 e. The number of aryl methyl sites for hydroxylation is 1. The fourth-order valence-corrected chi connectivity index (χ4v) is 11.0. The van der Waals surface area contributed by atoms with Gasteiger partial charge in [-0.1, -0.05) is 187 Å². The van der Waals surface area contributed by atoms with Crippen LogP contribution in [0.1, 0.15) is 106 Å². The summed E-state index contributed by atoms with van der Waals surface area (Å²) in [5, 5.41) is 6.54. The van der Waals surface area contributed by atoms with Crippen molar-refractivity contribution >= 4 is 51.4 Å². The van der Waals surface area contributed by atoms with Crippen molar-refractivity contribution in [2.75, 3.05) is 5.32 Å². The number of rotatable bonds is 10. The summed E-state index contributed by atoms with van der Waals surface area (Å²) in [5.74, 6) is -0.0120. The number of nitrogens with one attached hydrogen (secondary N) is 1. The van der Waals surface area contributed by atoms with E-state index >= 15 is 0 Å². The molecule has 0 unspecified atom stereocenters. The fraction of sp³-hybridized carbons (Fsp3) is 0.213. The lowest BCUT2D eigenvalue weighted by atomic mass is 9.57. The maximum absolute atomic E-state index is 3.91. The maximum Gasteiger partial charge on any atom is 0.197 e. The lowest BCUT2D eigenvalue weighted by Gasteiger charge is -2.29. The molecule has 1 N–H and O–H groups in total. The number of nitrogens with zero attached hydrogens (tertiary/aromatic N) is 1. The number of benzene rings is 8. The minimum atomic E-state index is -0.113. The van der Waals surface area contributed by atoms with Crippen molar-refractivity contribution in [2.45, 2.75) is 84.0 Å². The van der Waals surface area contributed by atoms with Gasteiger partial charge in [-0.2, -0.15) is 0 Å². The van der Waals surface area contributed by atoms with Crippen LogP contribution in [0.25, 0.3) is 49.7 Å². The molecule has 1 aromatic heterocycles. The summed E-state index contributed by atoms with van der Waals surface area (Å²) >= 11 is 0. The van der Waals surface area contributed by atoms with Gasteiger partial charge in [0.15, 0.2) is 7.28 Å². The van der Waals surface area contributed by atoms with E-state index in [1.807, 2.05) is 0 Å². The van der Waals surface area contributed by atoms with Gasteiger partial charge in [0, 0.05) is 50.2 Å². The summed E-state index contributed by atoms with van der Waals surface area (Å²) in [4.78, 5) is 0. The average Bonchev–Trinajstić information content (AvgIpc) is 3.77. The van der Waals surface area contributed by atoms with Crippen molar-refractivity contribution in [3.05, 3.63) is 209 Å². The molecule has 8 aromatic carbocycles. The third-order valence-corrected chi connectivity index (χ3v) is 14.3. The van der Waals surface area contributed by atoms with Crippen LogP contribution in [0.15, 0.2) is 170 Å². The number of unbranched alkanes of at least 4 members (excludes halogenated alkanes) is 2. The Balaban J connectivity index is 1.23. The van der Waals surface area contributed by atoms with Gasteiger partial charge < -0.3 is 9.88 Å². The zero-order chi connectivity index (χ0) is 43.7. The van der Waals surface area contributed by atoms with Crippen molar-refractivity contribution in [3.63, 3.8) is 0 Å². The van der Waals surface area contributed by atoms with Crippen molar-refractivity contribution in [1.82, 2.24) is 4.57 Å². The zero-order valence-corrected chi connectivity index (χ0v) is 38.1. The summed E-state index contributed by atoms with van der Waals surface area (Å²) in [5.41, 5.74) is 22.8. The van der Waals surface area contributed by atoms with Crippen molar-refractivity contribution in [2.24, 2.45) is 0 Å². The number of para-hydroxylation sites is 1. The second kappa shape index (κ2) is 15.6. The van der Waals surface area contributed by atoms with Crippen LogP contribution in [0.5, 0.6) is 0 Å². The molecule has 2 nitrogen and oxygen atoms in total. The molecule has 0 bridgehead atoms. The molecule has 0 amide bonds. The van der Waals surface area contributed by atoms with Gasteiger partial charge in [0.25, 0.3) is 0 Å². The Hall–Kier alpha value is -6.58. The van der Waals surface area contributed by atoms with E-state index in [1.165, 1.54) is 119 Å². The molecule has 1 radical (unpaired) electrons. The van der Waals surface area contributed by atoms with Gasteiger partial charge in [0.2, 0.25) is 0 Å². The largest absolute Gasteiger partial charge is 0.355 e. The van der Waals surface area contributed by atoms with Crippen LogP contribution in [-0.2, 0) is 17.3 Å². The lowest BCUT2D eigenvalue weighted by molar-refractivity contribution is 0.591. The highest BCUT2D eigenvalue weighted by Gasteiger charge is 2.38. The van der Waals surface area contributed by atoms with Gasteiger partial charge >= 0.3 is 0 Å². The van der Waals surface area contributed by atoms with Crippen molar-refractivity contribution in [1.29, 1.82) is 0 Å². The Kier molecular flexibility index (Phi) is 9.80. The Morgan fingerprint density at radius 1 is 0.625 bits per heavy atom. The predicted molar refractivity (Wildman–Crippen MR) is 274 cm³/mol. The summed E-state index contributed by atoms with van der Waals surface area (Å²) in [6.45, 7) is 14.1. The Morgan fingerprint density at radius 2 is 1.30 bits per heavy atom. The van der Waals surface area contributed by atoms with Crippen LogP contribution in [-0.4, -0.2) is 11.8 Å². The number of aromatic nitrogens is 1. The molecule has 2 aliphatic rings. The predicted octanol–water partition coefficient (Wildman–Crippen LogP) is 14.7. The van der Waals surface area contributed by atoms with E-state index in [4.69, 9.17) is 0 Å². The summed E-state index contributed by atoms with van der Waals surface area (Å²) in [6, 6.07) is 64.2. The second-order valence-electron chi connectivity index (χ2n) is 19.8. The first-order valence-electron chi connectivity index (χ1n) is 23.4. The van der Waals surface area contributed by atoms with Gasteiger partial charge in [-0.15, -0.1) is 0 Å². The molecule has 9 aromatic rings. The van der Waals surface area contributed by atoms with Crippen molar-refractivity contribution in [3.8, 4) is 27.9 Å². The molecule has 313 valence electrons. The van der Waals surface area contributed by atoms with Crippen molar-refractivity contribution < 1.29 is 0 Å². The van der Waals surface area contributed by atoms with Crippen LogP contribution in [0, 0.1) is 0 Å². The van der Waals surface area contributed by atoms with E-state index in [1.54, 1.807) is 0 Å². The van der Waals surface area contributed by atoms with Crippen LogP contribution in [0.4, 0.5) is 11.4 Å². The highest BCUT2D eigenvalue weighted by molar-refractivity contribution is 6.73. The molecule has 1 aliphatic heterocycles. The monoisotopic (exact) mass is 827 g/mol. The molecular weight excluding hydrogens is 771 g/mol. The van der Waals surface area contributed by atoms with E-state index < -0.39 is 0 Å². The molecule has 0 spiro atoms. The van der Waals surface area contributed by atoms with Gasteiger partial charge in [0.05, 0.1) is 5.52 Å². The first kappa shape index (κ1) is 40.2. The van der Waals surface area contributed by atoms with Gasteiger partial charge in [-0.3, -0.25) is 0 Å². The van der Waals surface area contributed by atoms with E-state index in [2.05, 4.69) is 229 Å². The van der Waals surface area contributed by atoms with E-state index in [-0.39, 0.29) is 16.7 Å². The highest BCUT2D eigenvalue weighted by Crippen LogP contribution is 2.51. The van der Waals surface area contributed by atoms with Gasteiger partial charge in [-0.25, -0.2) is 0 Å². The van der Waals surface area contributed by atoms with Crippen LogP contribution < -0.4 is 16.2 Å². The minimum Gasteiger partial charge on any atom is -0.355 e. The minimum absolute atomic E-state index is 0.0120. The number of anilines is 2. The van der Waals surface area contributed by atoms with Crippen LogP contribution >= 0.6 is 0 Å². The Morgan fingerprint density at radius 3 is 2.00 bits per heavy atom. The Labute approximate surface area is 380 Å². The van der Waals surface area contributed by atoms with Gasteiger partial charge in [0.1, 0.15) is 0 Å². The third-order valence-electron chi connectivity index (χ3n) is 14.3. The molecule has 64 heavy (non-hydrogen) atoms. The van der Waals surface area contributed by atoms with Gasteiger partial charge in [-0.05, 0) is 122 Å². The molecular formula is C61H56BN2. The SMILES string of the molecule is CCCCCc1ccc(Nc2ccccc2-c2cc(C(c3ccccc3)c3ccccc3)c3c4cc(C(C)(C)C)ccc4n4c3c2[B]c2cc3c(cc2-4)-c2ccccc2C3(C)C)cc1. The summed E-state index contributed by atoms with van der Waals surface area (Å²) < 4.78 is 2.63. The summed E-state index contributed by atoms with van der Waals surface area (Å²) in [6.07, 6.45) is 4.85. The van der Waals surface area contributed by atoms with E-state index in [0.29, 0.717) is 0 Å². The molecule has 0 saturated heterocycles. The van der Waals surface area contributed by atoms with Crippen LogP contribution in [0.2, 0.25) is 0 Å². The maximum atomic E-state index is 3.91. The van der Waals surface area contributed by atoms with Crippen LogP contribution in [0.3, 0.4) is 0 Å². The molecule has 0 saturated carbocycles. The zero-order valence-electron chi connectivity index (χ0n) is 38.1. The number of fused-ring (bicyclic) bond motifs is 8. The number of hydrogen-bond acceptors (Lipinski definition) is 1. The van der Waals surface area contributed by atoms with E-state index in [9.17, 15) is 0 Å². The normalized spacial score (nSPS) is 13.5. The Bertz CT molecular complexity index is 3180. The second-order valence-corrected chi connectivity index (χ2v) is 19.8. The highest BCUT2D eigenvalue weighted by atomic mass is 15.0. The lowest BCUT2D eigenvalue weighted by Crippen LogP contribution is -2.38. The first-order valence-corrected chi connectivity index (χ1v) is 23.4. The fourth-order valence-electron chi connectivity index (χ4n) is 11.0. The quantitative estimate of drug-likeness (QED) is 0.0826. The molecule has 11 rings (SSSR count). The first-order chi connectivity index (χ1) is 31.1. The molecule has 2 heterocycles. The molecule has 3 heteroatoms. The van der Waals surface area contributed by atoms with E-state index in [0.717, 1.165) is 17.8 Å². The topological polar surface area (TPSA) is 17.0 Å². The average molecular weight is 828 g/mol. The standard InChI is InChI=1S/C61H56BN2/c1-7-8-11-20-39-29-32-43(33-30-39)63-53-28-19-17-26-45(53)47-36-49(56(40-21-12-9-13-22-40)41-23-14-10-15-24-41)57-48-35-42(60(2,3)4)31-34-54(48)64-55-37-46-44-25-16-18-27-50(44)61(5,6)51(46)38-52(55)62-58(47)59(57)64/h9-10,12-19,21-38,56,63H,7-8,11,20H2,1-6H3. The third kappa shape index (κ3) is 6.62. The summed E-state index contributed by atoms with van der Waals surface area (Å²) in [7, 11) is 2.52. The molecule has 0 fully saturated rings. The molecule has 0 atom stereocenters.